The molecule has 2 rings (SSSR count). The van der Waals surface area contributed by atoms with E-state index in [1.165, 1.54) is 17.4 Å². The standard InChI is InChI=1S/C16H14ClNO3S/c17-14-4-1-12(2-5-14)9-18-15(19)10-21-16(20)6-3-13-7-8-22-11-13/h1-8,11H,9-10H2,(H,18,19)/b6-3+. The average molecular weight is 336 g/mol. The Morgan fingerprint density at radius 1 is 1.23 bits per heavy atom. The summed E-state index contributed by atoms with van der Waals surface area (Å²) in [5, 5.41) is 7.12. The number of ether oxygens (including phenoxy) is 1. The Morgan fingerprint density at radius 3 is 2.68 bits per heavy atom. The van der Waals surface area contributed by atoms with Gasteiger partial charge in [-0.05, 0) is 46.2 Å². The number of carbonyl (C=O) groups is 2. The third kappa shape index (κ3) is 5.71. The first-order valence-electron chi connectivity index (χ1n) is 6.51. The highest BCUT2D eigenvalue weighted by Gasteiger charge is 2.05. The molecule has 114 valence electrons. The molecular formula is C16H14ClNO3S. The lowest BCUT2D eigenvalue weighted by Gasteiger charge is -2.05. The number of carbonyl (C=O) groups excluding carboxylic acids is 2. The molecule has 1 N–H and O–H groups in total. The van der Waals surface area contributed by atoms with Crippen LogP contribution in [0.5, 0.6) is 0 Å². The van der Waals surface area contributed by atoms with Crippen LogP contribution in [0.15, 0.2) is 47.2 Å². The fourth-order valence-electron chi connectivity index (χ4n) is 1.57. The summed E-state index contributed by atoms with van der Waals surface area (Å²) in [6, 6.07) is 9.01. The van der Waals surface area contributed by atoms with E-state index in [4.69, 9.17) is 16.3 Å². The van der Waals surface area contributed by atoms with Crippen LogP contribution < -0.4 is 5.32 Å². The van der Waals surface area contributed by atoms with Gasteiger partial charge in [-0.15, -0.1) is 0 Å². The number of hydrogen-bond donors (Lipinski definition) is 1. The summed E-state index contributed by atoms with van der Waals surface area (Å²) in [5.41, 5.74) is 1.84. The summed E-state index contributed by atoms with van der Waals surface area (Å²) >= 11 is 7.31. The van der Waals surface area contributed by atoms with Crippen molar-refractivity contribution >= 4 is 40.9 Å². The number of benzene rings is 1. The van der Waals surface area contributed by atoms with Gasteiger partial charge in [-0.1, -0.05) is 23.7 Å². The monoisotopic (exact) mass is 335 g/mol. The maximum atomic E-state index is 11.6. The molecule has 2 aromatic rings. The molecule has 0 saturated carbocycles. The highest BCUT2D eigenvalue weighted by molar-refractivity contribution is 7.08. The van der Waals surface area contributed by atoms with Crippen LogP contribution >= 0.6 is 22.9 Å². The van der Waals surface area contributed by atoms with Gasteiger partial charge in [-0.3, -0.25) is 4.79 Å². The SMILES string of the molecule is O=C(COC(=O)/C=C/c1ccsc1)NCc1ccc(Cl)cc1. The van der Waals surface area contributed by atoms with Crippen molar-refractivity contribution in [3.63, 3.8) is 0 Å². The smallest absolute Gasteiger partial charge is 0.331 e. The van der Waals surface area contributed by atoms with Gasteiger partial charge >= 0.3 is 5.97 Å². The second-order valence-electron chi connectivity index (χ2n) is 4.40. The number of halogens is 1. The van der Waals surface area contributed by atoms with Crippen LogP contribution in [0.25, 0.3) is 6.08 Å². The molecule has 1 heterocycles. The topological polar surface area (TPSA) is 55.4 Å². The summed E-state index contributed by atoms with van der Waals surface area (Å²) in [6.07, 6.45) is 2.94. The number of hydrogen-bond acceptors (Lipinski definition) is 4. The Labute approximate surface area is 137 Å². The van der Waals surface area contributed by atoms with E-state index >= 15 is 0 Å². The Kier molecular flexibility index (Phi) is 6.18. The Balaban J connectivity index is 1.68. The van der Waals surface area contributed by atoms with Crippen LogP contribution in [0.1, 0.15) is 11.1 Å². The molecule has 6 heteroatoms. The molecule has 0 aliphatic rings. The Bertz CT molecular complexity index is 651. The van der Waals surface area contributed by atoms with E-state index in [0.717, 1.165) is 11.1 Å². The van der Waals surface area contributed by atoms with Crippen LogP contribution in [0.4, 0.5) is 0 Å². The van der Waals surface area contributed by atoms with E-state index in [0.29, 0.717) is 11.6 Å². The van der Waals surface area contributed by atoms with Crippen LogP contribution in [0.2, 0.25) is 5.02 Å². The number of rotatable bonds is 6. The minimum Gasteiger partial charge on any atom is -0.452 e. The fourth-order valence-corrected chi connectivity index (χ4v) is 2.33. The summed E-state index contributed by atoms with van der Waals surface area (Å²) < 4.78 is 4.85. The normalized spacial score (nSPS) is 10.6. The highest BCUT2D eigenvalue weighted by atomic mass is 35.5. The molecule has 1 aromatic heterocycles. The lowest BCUT2D eigenvalue weighted by molar-refractivity contribution is -0.143. The minimum absolute atomic E-state index is 0.305. The molecule has 1 aromatic carbocycles. The van der Waals surface area contributed by atoms with Crippen molar-refractivity contribution in [3.05, 3.63) is 63.3 Å². The van der Waals surface area contributed by atoms with Gasteiger partial charge < -0.3 is 10.1 Å². The van der Waals surface area contributed by atoms with Gasteiger partial charge in [0.2, 0.25) is 0 Å². The highest BCUT2D eigenvalue weighted by Crippen LogP contribution is 2.09. The molecule has 0 saturated heterocycles. The number of esters is 1. The number of thiophene rings is 1. The molecular weight excluding hydrogens is 322 g/mol. The number of amides is 1. The molecule has 22 heavy (non-hydrogen) atoms. The van der Waals surface area contributed by atoms with E-state index in [1.807, 2.05) is 29.0 Å². The summed E-state index contributed by atoms with van der Waals surface area (Å²) in [4.78, 5) is 23.0. The van der Waals surface area contributed by atoms with Crippen molar-refractivity contribution in [2.24, 2.45) is 0 Å². The lowest BCUT2D eigenvalue weighted by atomic mass is 10.2. The lowest BCUT2D eigenvalue weighted by Crippen LogP contribution is -2.28. The fraction of sp³-hybridized carbons (Fsp3) is 0.125. The van der Waals surface area contributed by atoms with Crippen LogP contribution in [-0.2, 0) is 20.9 Å². The molecule has 1 amide bonds. The predicted molar refractivity (Wildman–Crippen MR) is 87.6 cm³/mol. The zero-order valence-electron chi connectivity index (χ0n) is 11.6. The van der Waals surface area contributed by atoms with Gasteiger partial charge in [0.1, 0.15) is 0 Å². The summed E-state index contributed by atoms with van der Waals surface area (Å²) in [7, 11) is 0. The van der Waals surface area contributed by atoms with Crippen molar-refractivity contribution in [1.82, 2.24) is 5.32 Å². The van der Waals surface area contributed by atoms with Gasteiger partial charge in [0, 0.05) is 17.6 Å². The zero-order chi connectivity index (χ0) is 15.8. The molecule has 0 bridgehead atoms. The molecule has 0 radical (unpaired) electrons. The van der Waals surface area contributed by atoms with E-state index in [2.05, 4.69) is 5.32 Å². The molecule has 0 aliphatic carbocycles. The van der Waals surface area contributed by atoms with Crippen LogP contribution in [-0.4, -0.2) is 18.5 Å². The first-order valence-corrected chi connectivity index (χ1v) is 7.84. The van der Waals surface area contributed by atoms with Gasteiger partial charge in [0.25, 0.3) is 5.91 Å². The maximum absolute atomic E-state index is 11.6. The van der Waals surface area contributed by atoms with E-state index < -0.39 is 5.97 Å². The van der Waals surface area contributed by atoms with Crippen LogP contribution in [0, 0.1) is 0 Å². The van der Waals surface area contributed by atoms with E-state index in [9.17, 15) is 9.59 Å². The Hall–Kier alpha value is -2.11. The average Bonchev–Trinajstić information content (AvgIpc) is 3.04. The summed E-state index contributed by atoms with van der Waals surface area (Å²) in [5.74, 6) is -0.903. The third-order valence-corrected chi connectivity index (χ3v) is 3.66. The van der Waals surface area contributed by atoms with Gasteiger partial charge in [-0.2, -0.15) is 11.3 Å². The first-order chi connectivity index (χ1) is 10.6. The van der Waals surface area contributed by atoms with Crippen LogP contribution in [0.3, 0.4) is 0 Å². The van der Waals surface area contributed by atoms with Crippen molar-refractivity contribution in [1.29, 1.82) is 0 Å². The number of nitrogens with one attached hydrogen (secondary N) is 1. The minimum atomic E-state index is -0.548. The predicted octanol–water partition coefficient (Wildman–Crippen LogP) is 3.27. The van der Waals surface area contributed by atoms with Gasteiger partial charge in [0.05, 0.1) is 0 Å². The van der Waals surface area contributed by atoms with Gasteiger partial charge in [-0.25, -0.2) is 4.79 Å². The van der Waals surface area contributed by atoms with Crippen molar-refractivity contribution in [2.75, 3.05) is 6.61 Å². The Morgan fingerprint density at radius 2 is 2.00 bits per heavy atom. The van der Waals surface area contributed by atoms with E-state index in [-0.39, 0.29) is 12.5 Å². The third-order valence-electron chi connectivity index (χ3n) is 2.70. The maximum Gasteiger partial charge on any atom is 0.331 e. The first kappa shape index (κ1) is 16.3. The van der Waals surface area contributed by atoms with Gasteiger partial charge in [0.15, 0.2) is 6.61 Å². The molecule has 0 aliphatic heterocycles. The molecule has 0 unspecified atom stereocenters. The second-order valence-corrected chi connectivity index (χ2v) is 5.62. The molecule has 4 nitrogen and oxygen atoms in total. The van der Waals surface area contributed by atoms with Crippen molar-refractivity contribution in [2.45, 2.75) is 6.54 Å². The molecule has 0 atom stereocenters. The van der Waals surface area contributed by atoms with E-state index in [1.54, 1.807) is 18.2 Å². The molecule has 0 spiro atoms. The summed E-state index contributed by atoms with van der Waals surface area (Å²) in [6.45, 7) is 0.0543. The quantitative estimate of drug-likeness (QED) is 0.651. The molecule has 0 fully saturated rings. The zero-order valence-corrected chi connectivity index (χ0v) is 13.2. The van der Waals surface area contributed by atoms with Crippen molar-refractivity contribution in [3.8, 4) is 0 Å². The van der Waals surface area contributed by atoms with Crippen molar-refractivity contribution < 1.29 is 14.3 Å². The largest absolute Gasteiger partial charge is 0.452 e. The second kappa shape index (κ2) is 8.36.